The second kappa shape index (κ2) is 4.97. The van der Waals surface area contributed by atoms with Gasteiger partial charge in [-0.3, -0.25) is 0 Å². The highest BCUT2D eigenvalue weighted by Crippen LogP contribution is 2.27. The Bertz CT molecular complexity index is 406. The third-order valence-corrected chi connectivity index (χ3v) is 3.27. The number of hydrogen-bond donors (Lipinski definition) is 0. The van der Waals surface area contributed by atoms with Gasteiger partial charge < -0.3 is 9.57 Å². The number of oxime groups is 1. The summed E-state index contributed by atoms with van der Waals surface area (Å²) in [4.78, 5) is 5.27. The fourth-order valence-electron chi connectivity index (χ4n) is 1.71. The highest BCUT2D eigenvalue weighted by molar-refractivity contribution is 9.10. The molecule has 1 aromatic carbocycles. The summed E-state index contributed by atoms with van der Waals surface area (Å²) in [5.74, 6) is 0.152. The third-order valence-electron chi connectivity index (χ3n) is 2.58. The molecule has 1 aliphatic rings. The van der Waals surface area contributed by atoms with Crippen LogP contribution in [0.25, 0.3) is 0 Å². The van der Waals surface area contributed by atoms with Crippen LogP contribution in [0.2, 0.25) is 0 Å². The summed E-state index contributed by atoms with van der Waals surface area (Å²) in [6.07, 6.45) is -0.257. The lowest BCUT2D eigenvalue weighted by Crippen LogP contribution is -2.24. The minimum absolute atomic E-state index is 0.152. The van der Waals surface area contributed by atoms with Gasteiger partial charge in [0.15, 0.2) is 0 Å². The Morgan fingerprint density at radius 1 is 1.44 bits per heavy atom. The first kappa shape index (κ1) is 11.6. The van der Waals surface area contributed by atoms with Crippen LogP contribution >= 0.6 is 15.9 Å². The summed E-state index contributed by atoms with van der Waals surface area (Å²) in [5.41, 5.74) is 2.00. The van der Waals surface area contributed by atoms with Crippen molar-refractivity contribution in [2.24, 2.45) is 11.1 Å². The SMILES string of the molecule is CCOC1ON=C(c2ccccc2Br)C1C. The molecular weight excluding hydrogens is 270 g/mol. The normalized spacial score (nSPS) is 24.1. The Labute approximate surface area is 104 Å². The maximum atomic E-state index is 5.45. The lowest BCUT2D eigenvalue weighted by Gasteiger charge is -2.14. The molecule has 0 N–H and O–H groups in total. The van der Waals surface area contributed by atoms with Gasteiger partial charge in [0.1, 0.15) is 0 Å². The Morgan fingerprint density at radius 3 is 2.88 bits per heavy atom. The van der Waals surface area contributed by atoms with E-state index in [9.17, 15) is 0 Å². The maximum absolute atomic E-state index is 5.45. The lowest BCUT2D eigenvalue weighted by molar-refractivity contribution is -0.138. The molecule has 16 heavy (non-hydrogen) atoms. The number of rotatable bonds is 3. The van der Waals surface area contributed by atoms with Crippen LogP contribution in [0, 0.1) is 5.92 Å². The van der Waals surface area contributed by atoms with E-state index in [2.05, 4.69) is 28.0 Å². The molecule has 0 saturated carbocycles. The van der Waals surface area contributed by atoms with Gasteiger partial charge in [-0.15, -0.1) is 0 Å². The van der Waals surface area contributed by atoms with E-state index in [-0.39, 0.29) is 12.2 Å². The van der Waals surface area contributed by atoms with E-state index in [0.717, 1.165) is 15.7 Å². The van der Waals surface area contributed by atoms with E-state index < -0.39 is 0 Å². The molecule has 2 atom stereocenters. The Balaban J connectivity index is 2.21. The highest BCUT2D eigenvalue weighted by atomic mass is 79.9. The van der Waals surface area contributed by atoms with Gasteiger partial charge in [0, 0.05) is 16.6 Å². The standard InChI is InChI=1S/C12H14BrNO2/c1-3-15-12-8(2)11(14-16-12)9-6-4-5-7-10(9)13/h4-8,12H,3H2,1-2H3. The average Bonchev–Trinajstić information content (AvgIpc) is 2.62. The fourth-order valence-corrected chi connectivity index (χ4v) is 2.20. The maximum Gasteiger partial charge on any atom is 0.235 e. The van der Waals surface area contributed by atoms with Crippen molar-refractivity contribution in [2.75, 3.05) is 6.61 Å². The number of benzene rings is 1. The molecule has 86 valence electrons. The molecule has 2 unspecified atom stereocenters. The molecule has 0 saturated heterocycles. The van der Waals surface area contributed by atoms with Crippen LogP contribution in [0.15, 0.2) is 33.9 Å². The molecule has 1 aliphatic heterocycles. The average molecular weight is 284 g/mol. The van der Waals surface area contributed by atoms with Crippen LogP contribution in [0.1, 0.15) is 19.4 Å². The van der Waals surface area contributed by atoms with Crippen molar-refractivity contribution in [1.29, 1.82) is 0 Å². The number of hydrogen-bond acceptors (Lipinski definition) is 3. The Morgan fingerprint density at radius 2 is 2.19 bits per heavy atom. The van der Waals surface area contributed by atoms with Crippen molar-refractivity contribution in [2.45, 2.75) is 20.1 Å². The third kappa shape index (κ3) is 2.13. The molecular formula is C12H14BrNO2. The molecule has 0 bridgehead atoms. The van der Waals surface area contributed by atoms with Crippen LogP contribution in [0.3, 0.4) is 0 Å². The van der Waals surface area contributed by atoms with E-state index in [0.29, 0.717) is 6.61 Å². The first-order valence-corrected chi connectivity index (χ1v) is 6.13. The highest BCUT2D eigenvalue weighted by Gasteiger charge is 2.32. The zero-order valence-corrected chi connectivity index (χ0v) is 10.9. The molecule has 0 spiro atoms. The van der Waals surface area contributed by atoms with Crippen molar-refractivity contribution >= 4 is 21.6 Å². The first-order chi connectivity index (χ1) is 7.74. The molecule has 2 rings (SSSR count). The van der Waals surface area contributed by atoms with Gasteiger partial charge in [-0.1, -0.05) is 46.2 Å². The van der Waals surface area contributed by atoms with Crippen molar-refractivity contribution in [3.05, 3.63) is 34.3 Å². The Kier molecular flexibility index (Phi) is 3.61. The second-order valence-corrected chi connectivity index (χ2v) is 4.53. The second-order valence-electron chi connectivity index (χ2n) is 3.67. The molecule has 3 nitrogen and oxygen atoms in total. The lowest BCUT2D eigenvalue weighted by atomic mass is 9.99. The van der Waals surface area contributed by atoms with E-state index >= 15 is 0 Å². The van der Waals surface area contributed by atoms with E-state index in [1.165, 1.54) is 0 Å². The van der Waals surface area contributed by atoms with Gasteiger partial charge in [-0.05, 0) is 13.0 Å². The number of nitrogens with zero attached hydrogens (tertiary/aromatic N) is 1. The molecule has 0 amide bonds. The van der Waals surface area contributed by atoms with Crippen LogP contribution in [0.5, 0.6) is 0 Å². The summed E-state index contributed by atoms with van der Waals surface area (Å²) < 4.78 is 6.48. The summed E-state index contributed by atoms with van der Waals surface area (Å²) in [6.45, 7) is 4.64. The van der Waals surface area contributed by atoms with Gasteiger partial charge in [0.25, 0.3) is 0 Å². The Hall–Kier alpha value is -0.870. The predicted molar refractivity (Wildman–Crippen MR) is 66.3 cm³/mol. The molecule has 0 aliphatic carbocycles. The van der Waals surface area contributed by atoms with Crippen molar-refractivity contribution in [3.63, 3.8) is 0 Å². The molecule has 1 aromatic rings. The van der Waals surface area contributed by atoms with Crippen LogP contribution in [-0.4, -0.2) is 18.6 Å². The van der Waals surface area contributed by atoms with Gasteiger partial charge in [-0.2, -0.15) is 0 Å². The number of ether oxygens (including phenoxy) is 1. The van der Waals surface area contributed by atoms with Gasteiger partial charge in [0.05, 0.1) is 11.6 Å². The first-order valence-electron chi connectivity index (χ1n) is 5.34. The van der Waals surface area contributed by atoms with E-state index in [1.54, 1.807) is 0 Å². The van der Waals surface area contributed by atoms with Crippen molar-refractivity contribution in [1.82, 2.24) is 0 Å². The monoisotopic (exact) mass is 283 g/mol. The predicted octanol–water partition coefficient (Wildman–Crippen LogP) is 3.18. The summed E-state index contributed by atoms with van der Waals surface area (Å²) in [6, 6.07) is 7.99. The van der Waals surface area contributed by atoms with Gasteiger partial charge in [0.2, 0.25) is 6.29 Å². The van der Waals surface area contributed by atoms with E-state index in [4.69, 9.17) is 9.57 Å². The summed E-state index contributed by atoms with van der Waals surface area (Å²) >= 11 is 3.52. The molecule has 0 fully saturated rings. The molecule has 4 heteroatoms. The quantitative estimate of drug-likeness (QED) is 0.853. The van der Waals surface area contributed by atoms with Gasteiger partial charge >= 0.3 is 0 Å². The van der Waals surface area contributed by atoms with Crippen LogP contribution in [0.4, 0.5) is 0 Å². The van der Waals surface area contributed by atoms with Crippen LogP contribution in [-0.2, 0) is 9.57 Å². The van der Waals surface area contributed by atoms with Gasteiger partial charge in [-0.25, -0.2) is 0 Å². The van der Waals surface area contributed by atoms with E-state index in [1.807, 2.05) is 31.2 Å². The number of halogens is 1. The van der Waals surface area contributed by atoms with Crippen molar-refractivity contribution < 1.29 is 9.57 Å². The van der Waals surface area contributed by atoms with Crippen molar-refractivity contribution in [3.8, 4) is 0 Å². The summed E-state index contributed by atoms with van der Waals surface area (Å²) in [5, 5.41) is 4.11. The molecule has 0 radical (unpaired) electrons. The minimum Gasteiger partial charge on any atom is -0.363 e. The fraction of sp³-hybridized carbons (Fsp3) is 0.417. The molecule has 1 heterocycles. The summed E-state index contributed by atoms with van der Waals surface area (Å²) in [7, 11) is 0. The topological polar surface area (TPSA) is 30.8 Å². The van der Waals surface area contributed by atoms with Crippen LogP contribution < -0.4 is 0 Å². The molecule has 0 aromatic heterocycles. The zero-order chi connectivity index (χ0) is 11.5. The minimum atomic E-state index is -0.257. The largest absolute Gasteiger partial charge is 0.363 e. The smallest absolute Gasteiger partial charge is 0.235 e. The zero-order valence-electron chi connectivity index (χ0n) is 9.31.